The lowest BCUT2D eigenvalue weighted by molar-refractivity contribution is 0.0339. The molecule has 0 aliphatic heterocycles. The number of nitrogens with zero attached hydrogens (tertiary/aromatic N) is 1. The van der Waals surface area contributed by atoms with Crippen molar-refractivity contribution in [3.05, 3.63) is 0 Å². The zero-order valence-electron chi connectivity index (χ0n) is 9.70. The predicted octanol–water partition coefficient (Wildman–Crippen LogP) is 0.708. The van der Waals surface area contributed by atoms with E-state index in [0.29, 0.717) is 4.41 Å². The number of hydrogen-bond acceptors (Lipinski definition) is 5. The van der Waals surface area contributed by atoms with Crippen LogP contribution in [0.25, 0.3) is 0 Å². The van der Waals surface area contributed by atoms with E-state index in [0.717, 1.165) is 0 Å². The van der Waals surface area contributed by atoms with Crippen molar-refractivity contribution < 1.29 is 17.9 Å². The van der Waals surface area contributed by atoms with Crippen LogP contribution < -0.4 is 5.43 Å². The highest BCUT2D eigenvalue weighted by Crippen LogP contribution is 2.10. The second-order valence-corrected chi connectivity index (χ2v) is 5.98. The third-order valence-corrected chi connectivity index (χ3v) is 3.02. The molecule has 15 heavy (non-hydrogen) atoms. The molecule has 0 aromatic rings. The van der Waals surface area contributed by atoms with Gasteiger partial charge in [0.1, 0.15) is 5.60 Å². The van der Waals surface area contributed by atoms with Gasteiger partial charge in [0.2, 0.25) is 0 Å². The first-order valence-corrected chi connectivity index (χ1v) is 6.18. The number of carbonyl (C=O) groups excluding carboxylic acids is 1. The fourth-order valence-electron chi connectivity index (χ4n) is 0.776. The Morgan fingerprint density at radius 1 is 1.40 bits per heavy atom. The minimum Gasteiger partial charge on any atom is -0.442 e. The van der Waals surface area contributed by atoms with E-state index in [1.807, 2.05) is 0 Å². The van der Waals surface area contributed by atoms with Crippen LogP contribution in [0, 0.1) is 0 Å². The fraction of sp³-hybridized carbons (Fsp3) is 0.875. The average Bonchev–Trinajstić information content (AvgIpc) is 2.01. The van der Waals surface area contributed by atoms with E-state index in [-0.39, 0.29) is 5.75 Å². The largest absolute Gasteiger partial charge is 0.442 e. The van der Waals surface area contributed by atoms with Gasteiger partial charge in [-0.1, -0.05) is 0 Å². The Morgan fingerprint density at radius 2 is 1.87 bits per heavy atom. The predicted molar refractivity (Wildman–Crippen MR) is 56.6 cm³/mol. The smallest absolute Gasteiger partial charge is 0.439 e. The summed E-state index contributed by atoms with van der Waals surface area (Å²) in [5.74, 6) is -0.174. The van der Waals surface area contributed by atoms with Crippen LogP contribution in [0.3, 0.4) is 0 Å². The van der Waals surface area contributed by atoms with Crippen molar-refractivity contribution >= 4 is 16.1 Å². The number of nitrogens with one attached hydrogen (secondary N) is 1. The average molecular weight is 238 g/mol. The summed E-state index contributed by atoms with van der Waals surface area (Å²) in [5.41, 5.74) is 1.56. The molecule has 0 unspecified atom stereocenters. The first-order valence-electron chi connectivity index (χ1n) is 4.57. The number of carbonyl (C=O) groups is 1. The maximum Gasteiger partial charge on any atom is 0.439 e. The summed E-state index contributed by atoms with van der Waals surface area (Å²) in [6.45, 7) is 6.44. The first-order chi connectivity index (χ1) is 6.64. The summed E-state index contributed by atoms with van der Waals surface area (Å²) in [5, 5.41) is 0. The van der Waals surface area contributed by atoms with E-state index in [1.165, 1.54) is 14.0 Å². The van der Waals surface area contributed by atoms with Crippen molar-refractivity contribution in [2.45, 2.75) is 33.3 Å². The molecule has 0 aromatic carbocycles. The summed E-state index contributed by atoms with van der Waals surface area (Å²) >= 11 is 0. The lowest BCUT2D eigenvalue weighted by atomic mass is 10.2. The molecular weight excluding hydrogens is 220 g/mol. The van der Waals surface area contributed by atoms with Crippen LogP contribution in [-0.4, -0.2) is 37.3 Å². The van der Waals surface area contributed by atoms with Gasteiger partial charge in [-0.25, -0.2) is 18.6 Å². The van der Waals surface area contributed by atoms with E-state index < -0.39 is 21.7 Å². The molecule has 0 aliphatic carbocycles. The Bertz CT molecular complexity index is 318. The standard InChI is InChI=1S/C8H18N2O4S/c1-6-15(12,13)10(9-5)7(11)14-8(2,3)4/h9H,6H2,1-5H3. The minimum atomic E-state index is -3.63. The van der Waals surface area contributed by atoms with E-state index in [1.54, 1.807) is 20.8 Å². The highest BCUT2D eigenvalue weighted by Gasteiger charge is 2.29. The summed E-state index contributed by atoms with van der Waals surface area (Å²) in [6, 6.07) is 0. The molecule has 0 spiro atoms. The Kier molecular flexibility index (Phi) is 4.54. The molecule has 0 rings (SSSR count). The van der Waals surface area contributed by atoms with Gasteiger partial charge in [0, 0.05) is 7.05 Å². The molecule has 90 valence electrons. The third kappa shape index (κ3) is 4.48. The number of hydrogen-bond donors (Lipinski definition) is 1. The highest BCUT2D eigenvalue weighted by molar-refractivity contribution is 7.89. The lowest BCUT2D eigenvalue weighted by Crippen LogP contribution is -2.48. The molecule has 7 heteroatoms. The van der Waals surface area contributed by atoms with Crippen molar-refractivity contribution in [1.29, 1.82) is 0 Å². The molecule has 0 heterocycles. The summed E-state index contributed by atoms with van der Waals surface area (Å²) in [4.78, 5) is 11.5. The van der Waals surface area contributed by atoms with Gasteiger partial charge in [-0.3, -0.25) is 0 Å². The van der Waals surface area contributed by atoms with E-state index in [2.05, 4.69) is 5.43 Å². The van der Waals surface area contributed by atoms with Crippen molar-refractivity contribution in [2.75, 3.05) is 12.8 Å². The quantitative estimate of drug-likeness (QED) is 0.733. The van der Waals surface area contributed by atoms with E-state index in [9.17, 15) is 13.2 Å². The molecule has 0 aromatic heterocycles. The Balaban J connectivity index is 4.79. The molecule has 0 fully saturated rings. The van der Waals surface area contributed by atoms with Gasteiger partial charge >= 0.3 is 6.09 Å². The Hall–Kier alpha value is -0.820. The van der Waals surface area contributed by atoms with Crippen LogP contribution in [-0.2, 0) is 14.8 Å². The zero-order valence-corrected chi connectivity index (χ0v) is 10.5. The maximum atomic E-state index is 11.5. The van der Waals surface area contributed by atoms with Gasteiger partial charge in [0.05, 0.1) is 5.75 Å². The van der Waals surface area contributed by atoms with E-state index in [4.69, 9.17) is 4.74 Å². The minimum absolute atomic E-state index is 0.174. The molecular formula is C8H18N2O4S. The van der Waals surface area contributed by atoms with Crippen LogP contribution in [0.4, 0.5) is 4.79 Å². The number of sulfonamides is 1. The van der Waals surface area contributed by atoms with Crippen LogP contribution >= 0.6 is 0 Å². The van der Waals surface area contributed by atoms with Crippen LogP contribution in [0.5, 0.6) is 0 Å². The van der Waals surface area contributed by atoms with Gasteiger partial charge < -0.3 is 4.74 Å². The van der Waals surface area contributed by atoms with E-state index >= 15 is 0 Å². The highest BCUT2D eigenvalue weighted by atomic mass is 32.2. The summed E-state index contributed by atoms with van der Waals surface area (Å²) < 4.78 is 28.3. The molecule has 0 atom stereocenters. The Labute approximate surface area is 90.6 Å². The van der Waals surface area contributed by atoms with Crippen molar-refractivity contribution in [2.24, 2.45) is 0 Å². The SMILES string of the molecule is CCS(=O)(=O)N(NC)C(=O)OC(C)(C)C. The number of ether oxygens (including phenoxy) is 1. The van der Waals surface area contributed by atoms with Crippen molar-refractivity contribution in [3.63, 3.8) is 0 Å². The molecule has 0 aliphatic rings. The van der Waals surface area contributed by atoms with Crippen molar-refractivity contribution in [3.8, 4) is 0 Å². The zero-order chi connectivity index (χ0) is 12.3. The normalized spacial score (nSPS) is 12.3. The van der Waals surface area contributed by atoms with Gasteiger partial charge in [-0.2, -0.15) is 0 Å². The second-order valence-electron chi connectivity index (χ2n) is 3.87. The summed E-state index contributed by atoms with van der Waals surface area (Å²) in [7, 11) is -2.29. The number of hydrazine groups is 1. The molecule has 0 radical (unpaired) electrons. The van der Waals surface area contributed by atoms with Crippen LogP contribution in [0.15, 0.2) is 0 Å². The van der Waals surface area contributed by atoms with Gasteiger partial charge in [-0.05, 0) is 27.7 Å². The number of amides is 1. The molecule has 1 amide bonds. The van der Waals surface area contributed by atoms with Gasteiger partial charge in [-0.15, -0.1) is 4.41 Å². The van der Waals surface area contributed by atoms with Gasteiger partial charge in [0.25, 0.3) is 10.0 Å². The summed E-state index contributed by atoms with van der Waals surface area (Å²) in [6.07, 6.45) is -0.924. The second kappa shape index (κ2) is 4.80. The number of rotatable bonds is 3. The Morgan fingerprint density at radius 3 is 2.13 bits per heavy atom. The monoisotopic (exact) mass is 238 g/mol. The molecule has 6 nitrogen and oxygen atoms in total. The lowest BCUT2D eigenvalue weighted by Gasteiger charge is -2.25. The molecule has 1 N–H and O–H groups in total. The molecule has 0 saturated heterocycles. The topological polar surface area (TPSA) is 75.7 Å². The molecule has 0 saturated carbocycles. The fourth-order valence-corrected chi connectivity index (χ4v) is 1.58. The first kappa shape index (κ1) is 14.2. The maximum absolute atomic E-state index is 11.5. The molecule has 0 bridgehead atoms. The van der Waals surface area contributed by atoms with Gasteiger partial charge in [0.15, 0.2) is 0 Å². The van der Waals surface area contributed by atoms with Crippen LogP contribution in [0.1, 0.15) is 27.7 Å². The van der Waals surface area contributed by atoms with Crippen LogP contribution in [0.2, 0.25) is 0 Å². The third-order valence-electron chi connectivity index (χ3n) is 1.41. The van der Waals surface area contributed by atoms with Crippen molar-refractivity contribution in [1.82, 2.24) is 9.84 Å².